The first-order valence-corrected chi connectivity index (χ1v) is 7.22. The number of hydrazine groups is 1. The van der Waals surface area contributed by atoms with Gasteiger partial charge in [-0.3, -0.25) is 20.4 Å². The maximum atomic E-state index is 13.4. The van der Waals surface area contributed by atoms with Gasteiger partial charge in [0, 0.05) is 0 Å². The van der Waals surface area contributed by atoms with Gasteiger partial charge in [-0.25, -0.2) is 9.18 Å². The number of hydrogen-bond donors (Lipinski definition) is 3. The van der Waals surface area contributed by atoms with Crippen LogP contribution in [0.4, 0.5) is 4.39 Å². The molecule has 2 aromatic carbocycles. The Morgan fingerprint density at radius 3 is 2.32 bits per heavy atom. The van der Waals surface area contributed by atoms with Gasteiger partial charge < -0.3 is 9.84 Å². The number of aliphatic hydroxyl groups excluding tert-OH is 1. The number of benzene rings is 2. The predicted octanol–water partition coefficient (Wildman–Crippen LogP) is 0.936. The molecule has 0 aromatic heterocycles. The van der Waals surface area contributed by atoms with Crippen LogP contribution >= 0.6 is 0 Å². The number of esters is 1. The van der Waals surface area contributed by atoms with E-state index in [4.69, 9.17) is 9.84 Å². The summed E-state index contributed by atoms with van der Waals surface area (Å²) in [5, 5.41) is 8.92. The normalized spacial score (nSPS) is 10.0. The van der Waals surface area contributed by atoms with E-state index in [9.17, 15) is 18.8 Å². The fourth-order valence-electron chi connectivity index (χ4n) is 1.84. The Kier molecular flexibility index (Phi) is 6.19. The minimum atomic E-state index is -0.836. The standard InChI is InChI=1S/C17H15FN2O5/c18-14-4-2-1-3-13(14)16(23)20-19-15(22)10-25-17(24)12-7-5-11(9-21)6-8-12/h1-8,21H,9-10H2,(H,19,22)(H,20,23). The largest absolute Gasteiger partial charge is 0.452 e. The van der Waals surface area contributed by atoms with Crippen molar-refractivity contribution in [2.75, 3.05) is 6.61 Å². The summed E-state index contributed by atoms with van der Waals surface area (Å²) in [5.41, 5.74) is 4.64. The Labute approximate surface area is 142 Å². The first kappa shape index (κ1) is 18.1. The summed E-state index contributed by atoms with van der Waals surface area (Å²) in [6.07, 6.45) is 0. The number of ether oxygens (including phenoxy) is 1. The average molecular weight is 346 g/mol. The summed E-state index contributed by atoms with van der Waals surface area (Å²) in [7, 11) is 0. The van der Waals surface area contributed by atoms with E-state index in [1.165, 1.54) is 30.3 Å². The molecule has 0 saturated heterocycles. The van der Waals surface area contributed by atoms with Crippen molar-refractivity contribution in [1.29, 1.82) is 0 Å². The number of halogens is 1. The molecule has 0 aliphatic rings. The molecule has 8 heteroatoms. The molecule has 3 N–H and O–H groups in total. The van der Waals surface area contributed by atoms with E-state index in [0.717, 1.165) is 6.07 Å². The topological polar surface area (TPSA) is 105 Å². The molecule has 130 valence electrons. The summed E-state index contributed by atoms with van der Waals surface area (Å²) in [5.74, 6) is -3.09. The van der Waals surface area contributed by atoms with Crippen LogP contribution in [0.5, 0.6) is 0 Å². The molecule has 0 saturated carbocycles. The lowest BCUT2D eigenvalue weighted by Crippen LogP contribution is -2.43. The van der Waals surface area contributed by atoms with Gasteiger partial charge in [-0.1, -0.05) is 24.3 Å². The maximum absolute atomic E-state index is 13.4. The van der Waals surface area contributed by atoms with Crippen LogP contribution in [0.2, 0.25) is 0 Å². The molecule has 2 aromatic rings. The highest BCUT2D eigenvalue weighted by Crippen LogP contribution is 2.06. The van der Waals surface area contributed by atoms with E-state index >= 15 is 0 Å². The third kappa shape index (κ3) is 5.11. The van der Waals surface area contributed by atoms with Gasteiger partial charge in [-0.15, -0.1) is 0 Å². The number of amides is 2. The number of aliphatic hydroxyl groups is 1. The van der Waals surface area contributed by atoms with Crippen LogP contribution < -0.4 is 10.9 Å². The molecule has 0 heterocycles. The van der Waals surface area contributed by atoms with Gasteiger partial charge in [0.2, 0.25) is 0 Å². The SMILES string of the molecule is O=C(COC(=O)c1ccc(CO)cc1)NNC(=O)c1ccccc1F. The van der Waals surface area contributed by atoms with E-state index in [2.05, 4.69) is 0 Å². The first-order valence-electron chi connectivity index (χ1n) is 7.22. The summed E-state index contributed by atoms with van der Waals surface area (Å²) in [6, 6.07) is 11.3. The summed E-state index contributed by atoms with van der Waals surface area (Å²) >= 11 is 0. The molecule has 0 atom stereocenters. The molecule has 0 spiro atoms. The van der Waals surface area contributed by atoms with Gasteiger partial charge in [-0.05, 0) is 29.8 Å². The smallest absolute Gasteiger partial charge is 0.338 e. The third-order valence-corrected chi connectivity index (χ3v) is 3.14. The second-order valence-electron chi connectivity index (χ2n) is 4.91. The maximum Gasteiger partial charge on any atom is 0.338 e. The van der Waals surface area contributed by atoms with E-state index in [0.29, 0.717) is 5.56 Å². The van der Waals surface area contributed by atoms with Crippen molar-refractivity contribution in [3.05, 3.63) is 71.0 Å². The molecule has 25 heavy (non-hydrogen) atoms. The Morgan fingerprint density at radius 1 is 1.00 bits per heavy atom. The van der Waals surface area contributed by atoms with Crippen molar-refractivity contribution in [3.8, 4) is 0 Å². The van der Waals surface area contributed by atoms with E-state index in [1.807, 2.05) is 10.9 Å². The van der Waals surface area contributed by atoms with E-state index in [-0.39, 0.29) is 17.7 Å². The highest BCUT2D eigenvalue weighted by molar-refractivity contribution is 5.96. The minimum Gasteiger partial charge on any atom is -0.452 e. The fourth-order valence-corrected chi connectivity index (χ4v) is 1.84. The minimum absolute atomic E-state index is 0.153. The van der Waals surface area contributed by atoms with Crippen molar-refractivity contribution in [3.63, 3.8) is 0 Å². The molecule has 0 aliphatic carbocycles. The van der Waals surface area contributed by atoms with Crippen LogP contribution in [0.25, 0.3) is 0 Å². The lowest BCUT2D eigenvalue weighted by atomic mass is 10.1. The molecule has 2 amide bonds. The predicted molar refractivity (Wildman–Crippen MR) is 84.7 cm³/mol. The van der Waals surface area contributed by atoms with Crippen molar-refractivity contribution < 1.29 is 28.6 Å². The zero-order chi connectivity index (χ0) is 18.2. The highest BCUT2D eigenvalue weighted by Gasteiger charge is 2.13. The Hall–Kier alpha value is -3.26. The Morgan fingerprint density at radius 2 is 1.68 bits per heavy atom. The van der Waals surface area contributed by atoms with Crippen LogP contribution in [0.1, 0.15) is 26.3 Å². The molecule has 0 unspecified atom stereocenters. The van der Waals surface area contributed by atoms with Crippen molar-refractivity contribution in [1.82, 2.24) is 10.9 Å². The number of carbonyl (C=O) groups is 3. The second-order valence-corrected chi connectivity index (χ2v) is 4.91. The zero-order valence-electron chi connectivity index (χ0n) is 13.0. The van der Waals surface area contributed by atoms with Gasteiger partial charge in [0.05, 0.1) is 17.7 Å². The molecular formula is C17H15FN2O5. The second kappa shape index (κ2) is 8.55. The van der Waals surface area contributed by atoms with Gasteiger partial charge in [0.15, 0.2) is 6.61 Å². The van der Waals surface area contributed by atoms with Crippen molar-refractivity contribution in [2.24, 2.45) is 0 Å². The molecular weight excluding hydrogens is 331 g/mol. The molecule has 0 bridgehead atoms. The fraction of sp³-hybridized carbons (Fsp3) is 0.118. The monoisotopic (exact) mass is 346 g/mol. The van der Waals surface area contributed by atoms with E-state index < -0.39 is 30.2 Å². The van der Waals surface area contributed by atoms with Gasteiger partial charge in [0.25, 0.3) is 11.8 Å². The van der Waals surface area contributed by atoms with Crippen LogP contribution in [-0.2, 0) is 16.1 Å². The number of carbonyl (C=O) groups excluding carboxylic acids is 3. The van der Waals surface area contributed by atoms with Crippen molar-refractivity contribution in [2.45, 2.75) is 6.61 Å². The number of rotatable bonds is 5. The van der Waals surface area contributed by atoms with Crippen LogP contribution in [-0.4, -0.2) is 29.5 Å². The molecule has 0 fully saturated rings. The summed E-state index contributed by atoms with van der Waals surface area (Å²) < 4.78 is 18.2. The molecule has 0 radical (unpaired) electrons. The molecule has 2 rings (SSSR count). The van der Waals surface area contributed by atoms with E-state index in [1.54, 1.807) is 12.1 Å². The van der Waals surface area contributed by atoms with Crippen LogP contribution in [0, 0.1) is 5.82 Å². The number of hydrogen-bond acceptors (Lipinski definition) is 5. The number of nitrogens with one attached hydrogen (secondary N) is 2. The molecule has 7 nitrogen and oxygen atoms in total. The third-order valence-electron chi connectivity index (χ3n) is 3.14. The quantitative estimate of drug-likeness (QED) is 0.552. The molecule has 0 aliphatic heterocycles. The van der Waals surface area contributed by atoms with Crippen molar-refractivity contribution >= 4 is 17.8 Å². The highest BCUT2D eigenvalue weighted by atomic mass is 19.1. The lowest BCUT2D eigenvalue weighted by Gasteiger charge is -2.08. The summed E-state index contributed by atoms with van der Waals surface area (Å²) in [6.45, 7) is -0.780. The van der Waals surface area contributed by atoms with Gasteiger partial charge in [0.1, 0.15) is 5.82 Å². The van der Waals surface area contributed by atoms with Crippen LogP contribution in [0.15, 0.2) is 48.5 Å². The van der Waals surface area contributed by atoms with Gasteiger partial charge >= 0.3 is 5.97 Å². The Bertz CT molecular complexity index is 777. The first-order chi connectivity index (χ1) is 12.0. The average Bonchev–Trinajstić information content (AvgIpc) is 2.64. The zero-order valence-corrected chi connectivity index (χ0v) is 13.0. The van der Waals surface area contributed by atoms with Crippen LogP contribution in [0.3, 0.4) is 0 Å². The lowest BCUT2D eigenvalue weighted by molar-refractivity contribution is -0.125. The summed E-state index contributed by atoms with van der Waals surface area (Å²) in [4.78, 5) is 35.0. The van der Waals surface area contributed by atoms with Gasteiger partial charge in [-0.2, -0.15) is 0 Å². The Balaban J connectivity index is 1.79.